The van der Waals surface area contributed by atoms with E-state index in [9.17, 15) is 9.90 Å². The average molecular weight is 407 g/mol. The van der Waals surface area contributed by atoms with Crippen LogP contribution >= 0.6 is 0 Å². The third-order valence-electron chi connectivity index (χ3n) is 6.25. The number of rotatable bonds is 6. The monoisotopic (exact) mass is 406 g/mol. The van der Waals surface area contributed by atoms with Gasteiger partial charge in [-0.15, -0.1) is 0 Å². The Morgan fingerprint density at radius 2 is 1.77 bits per heavy atom. The Balaban J connectivity index is 1.75. The van der Waals surface area contributed by atoms with Gasteiger partial charge in [-0.05, 0) is 68.1 Å². The molecule has 0 bridgehead atoms. The van der Waals surface area contributed by atoms with Gasteiger partial charge in [-0.3, -0.25) is 0 Å². The van der Waals surface area contributed by atoms with E-state index in [0.717, 1.165) is 41.0 Å². The highest BCUT2D eigenvalue weighted by Gasteiger charge is 2.23. The molecule has 4 rings (SSSR count). The van der Waals surface area contributed by atoms with Gasteiger partial charge in [-0.2, -0.15) is 0 Å². The summed E-state index contributed by atoms with van der Waals surface area (Å²) < 4.78 is 8.35. The number of carboxylic acid groups (broad SMARTS) is 1. The number of aromatic nitrogens is 2. The van der Waals surface area contributed by atoms with Crippen molar-refractivity contribution >= 4 is 17.0 Å². The summed E-state index contributed by atoms with van der Waals surface area (Å²) in [6, 6.07) is 13.8. The number of nitrogens with zero attached hydrogens (tertiary/aromatic N) is 2. The second-order valence-corrected chi connectivity index (χ2v) is 8.70. The molecule has 2 aromatic carbocycles. The fraction of sp³-hybridized carbons (Fsp3) is 0.440. The van der Waals surface area contributed by atoms with Gasteiger partial charge in [0.05, 0.1) is 22.7 Å². The van der Waals surface area contributed by atoms with Crippen molar-refractivity contribution in [1.82, 2.24) is 9.55 Å². The summed E-state index contributed by atoms with van der Waals surface area (Å²) in [6.07, 6.45) is 6.13. The van der Waals surface area contributed by atoms with Crippen LogP contribution in [0.3, 0.4) is 0 Å². The van der Waals surface area contributed by atoms with Crippen LogP contribution in [-0.2, 0) is 0 Å². The van der Waals surface area contributed by atoms with Crippen molar-refractivity contribution in [3.05, 3.63) is 48.0 Å². The first-order valence-electron chi connectivity index (χ1n) is 11.0. The lowest BCUT2D eigenvalue weighted by atomic mass is 9.95. The van der Waals surface area contributed by atoms with Crippen molar-refractivity contribution in [2.24, 2.45) is 5.92 Å². The molecule has 0 aliphatic heterocycles. The second kappa shape index (κ2) is 8.50. The molecular weight excluding hydrogens is 376 g/mol. The van der Waals surface area contributed by atoms with Gasteiger partial charge in [-0.25, -0.2) is 9.78 Å². The lowest BCUT2D eigenvalue weighted by Crippen LogP contribution is -2.18. The van der Waals surface area contributed by atoms with Gasteiger partial charge in [0.15, 0.2) is 0 Å². The maximum absolute atomic E-state index is 11.4. The minimum absolute atomic E-state index is 0.150. The molecule has 0 amide bonds. The van der Waals surface area contributed by atoms with Crippen molar-refractivity contribution in [2.75, 3.05) is 0 Å². The van der Waals surface area contributed by atoms with Gasteiger partial charge >= 0.3 is 5.97 Å². The van der Waals surface area contributed by atoms with Crippen LogP contribution in [0.2, 0.25) is 0 Å². The third kappa shape index (κ3) is 4.07. The van der Waals surface area contributed by atoms with E-state index in [-0.39, 0.29) is 11.7 Å². The van der Waals surface area contributed by atoms with Gasteiger partial charge < -0.3 is 14.4 Å². The Kier molecular flexibility index (Phi) is 5.80. The van der Waals surface area contributed by atoms with Crippen LogP contribution in [0.4, 0.5) is 0 Å². The summed E-state index contributed by atoms with van der Waals surface area (Å²) in [5.41, 5.74) is 3.05. The molecule has 1 aliphatic carbocycles. The minimum Gasteiger partial charge on any atom is -0.490 e. The van der Waals surface area contributed by atoms with E-state index >= 15 is 0 Å². The van der Waals surface area contributed by atoms with E-state index in [4.69, 9.17) is 9.72 Å². The molecule has 1 aromatic heterocycles. The molecule has 1 aliphatic rings. The topological polar surface area (TPSA) is 64.3 Å². The predicted molar refractivity (Wildman–Crippen MR) is 119 cm³/mol. The number of hydrogen-bond donors (Lipinski definition) is 1. The summed E-state index contributed by atoms with van der Waals surface area (Å²) in [5.74, 6) is 1.28. The maximum Gasteiger partial charge on any atom is 0.335 e. The van der Waals surface area contributed by atoms with Crippen molar-refractivity contribution in [2.45, 2.75) is 65.0 Å². The number of imidazole rings is 1. The van der Waals surface area contributed by atoms with Gasteiger partial charge in [-0.1, -0.05) is 33.1 Å². The summed E-state index contributed by atoms with van der Waals surface area (Å²) in [4.78, 5) is 16.3. The molecule has 30 heavy (non-hydrogen) atoms. The lowest BCUT2D eigenvalue weighted by molar-refractivity contribution is 0.0697. The molecule has 0 spiro atoms. The maximum atomic E-state index is 11.4. The highest BCUT2D eigenvalue weighted by molar-refractivity contribution is 5.93. The highest BCUT2D eigenvalue weighted by Crippen LogP contribution is 2.36. The van der Waals surface area contributed by atoms with E-state index < -0.39 is 5.97 Å². The molecule has 158 valence electrons. The Hall–Kier alpha value is -2.82. The molecule has 1 heterocycles. The zero-order valence-electron chi connectivity index (χ0n) is 18.0. The molecule has 0 saturated heterocycles. The van der Waals surface area contributed by atoms with Crippen LogP contribution < -0.4 is 4.74 Å². The zero-order valence-corrected chi connectivity index (χ0v) is 18.0. The quantitative estimate of drug-likeness (QED) is 0.519. The third-order valence-corrected chi connectivity index (χ3v) is 6.25. The SMILES string of the molecule is CC(C)C(C)Oc1ccc(-c2nc3cc(C(=O)O)ccc3n2C2CCCCC2)cc1. The number of benzene rings is 2. The van der Waals surface area contributed by atoms with Crippen LogP contribution in [-0.4, -0.2) is 26.7 Å². The summed E-state index contributed by atoms with van der Waals surface area (Å²) in [6.45, 7) is 6.38. The van der Waals surface area contributed by atoms with Crippen molar-refractivity contribution < 1.29 is 14.6 Å². The van der Waals surface area contributed by atoms with Crippen molar-refractivity contribution in [3.63, 3.8) is 0 Å². The average Bonchev–Trinajstić information content (AvgIpc) is 3.13. The largest absolute Gasteiger partial charge is 0.490 e. The van der Waals surface area contributed by atoms with Crippen molar-refractivity contribution in [1.29, 1.82) is 0 Å². The Morgan fingerprint density at radius 3 is 2.40 bits per heavy atom. The second-order valence-electron chi connectivity index (χ2n) is 8.70. The highest BCUT2D eigenvalue weighted by atomic mass is 16.5. The number of fused-ring (bicyclic) bond motifs is 1. The Bertz CT molecular complexity index is 1030. The van der Waals surface area contributed by atoms with E-state index in [1.165, 1.54) is 19.3 Å². The van der Waals surface area contributed by atoms with Gasteiger partial charge in [0, 0.05) is 11.6 Å². The first kappa shape index (κ1) is 20.5. The summed E-state index contributed by atoms with van der Waals surface area (Å²) in [5, 5.41) is 9.38. The first-order valence-corrected chi connectivity index (χ1v) is 11.0. The van der Waals surface area contributed by atoms with E-state index in [1.54, 1.807) is 12.1 Å². The molecule has 1 atom stereocenters. The smallest absolute Gasteiger partial charge is 0.335 e. The number of ether oxygens (including phenoxy) is 1. The molecular formula is C25H30N2O3. The molecule has 1 fully saturated rings. The zero-order chi connectivity index (χ0) is 21.3. The normalized spacial score (nSPS) is 16.1. The standard InChI is InChI=1S/C25H30N2O3/c1-16(2)17(3)30-21-12-9-18(10-13-21)24-26-22-15-19(25(28)29)11-14-23(22)27(24)20-7-5-4-6-8-20/h9-17,20H,4-8H2,1-3H3,(H,28,29). The number of hydrogen-bond acceptors (Lipinski definition) is 3. The van der Waals surface area contributed by atoms with E-state index in [0.29, 0.717) is 12.0 Å². The number of carbonyl (C=O) groups is 1. The predicted octanol–water partition coefficient (Wildman–Crippen LogP) is 6.33. The number of aromatic carboxylic acids is 1. The molecule has 1 saturated carbocycles. The Morgan fingerprint density at radius 1 is 1.07 bits per heavy atom. The van der Waals surface area contributed by atoms with E-state index in [2.05, 4.69) is 37.5 Å². The molecule has 1 N–H and O–H groups in total. The fourth-order valence-corrected chi connectivity index (χ4v) is 4.18. The van der Waals surface area contributed by atoms with Gasteiger partial charge in [0.25, 0.3) is 0 Å². The van der Waals surface area contributed by atoms with Crippen molar-refractivity contribution in [3.8, 4) is 17.1 Å². The van der Waals surface area contributed by atoms with Gasteiger partial charge in [0.2, 0.25) is 0 Å². The Labute approximate surface area is 177 Å². The molecule has 3 aromatic rings. The molecule has 1 unspecified atom stereocenters. The summed E-state index contributed by atoms with van der Waals surface area (Å²) >= 11 is 0. The fourth-order valence-electron chi connectivity index (χ4n) is 4.18. The van der Waals surface area contributed by atoms with Crippen LogP contribution in [0.5, 0.6) is 5.75 Å². The van der Waals surface area contributed by atoms with Crippen LogP contribution in [0.1, 0.15) is 69.3 Å². The van der Waals surface area contributed by atoms with Crippen LogP contribution in [0.25, 0.3) is 22.4 Å². The van der Waals surface area contributed by atoms with Crippen LogP contribution in [0, 0.1) is 5.92 Å². The first-order chi connectivity index (χ1) is 14.4. The molecule has 0 radical (unpaired) electrons. The summed E-state index contributed by atoms with van der Waals surface area (Å²) in [7, 11) is 0. The molecule has 5 nitrogen and oxygen atoms in total. The van der Waals surface area contributed by atoms with E-state index in [1.807, 2.05) is 18.2 Å². The number of carboxylic acids is 1. The van der Waals surface area contributed by atoms with Gasteiger partial charge in [0.1, 0.15) is 11.6 Å². The molecule has 5 heteroatoms. The van der Waals surface area contributed by atoms with Crippen LogP contribution in [0.15, 0.2) is 42.5 Å². The minimum atomic E-state index is -0.925. The lowest BCUT2D eigenvalue weighted by Gasteiger charge is -2.25.